The van der Waals surface area contributed by atoms with Crippen molar-refractivity contribution < 1.29 is 0 Å². The lowest BCUT2D eigenvalue weighted by molar-refractivity contribution is 0.265. The Balaban J connectivity index is 1.88. The molecule has 1 unspecified atom stereocenters. The van der Waals surface area contributed by atoms with Crippen molar-refractivity contribution >= 4 is 11.8 Å². The first-order chi connectivity index (χ1) is 8.95. The number of thioether (sulfide) groups is 1. The van der Waals surface area contributed by atoms with Crippen molar-refractivity contribution in [2.24, 2.45) is 11.1 Å². The molecule has 1 atom stereocenters. The summed E-state index contributed by atoms with van der Waals surface area (Å²) < 4.78 is 3.00. The highest BCUT2D eigenvalue weighted by Gasteiger charge is 2.38. The predicted molar refractivity (Wildman–Crippen MR) is 83.6 cm³/mol. The molecule has 0 aliphatic heterocycles. The zero-order valence-electron chi connectivity index (χ0n) is 12.4. The molecule has 0 radical (unpaired) electrons. The van der Waals surface area contributed by atoms with Crippen LogP contribution in [0.5, 0.6) is 0 Å². The third kappa shape index (κ3) is 2.36. The fourth-order valence-electron chi connectivity index (χ4n) is 3.75. The van der Waals surface area contributed by atoms with Gasteiger partial charge in [-0.1, -0.05) is 20.3 Å². The Hall–Kier alpha value is -0.410. The maximum Gasteiger partial charge on any atom is 0.0369 e. The van der Waals surface area contributed by atoms with Gasteiger partial charge in [0.1, 0.15) is 0 Å². The van der Waals surface area contributed by atoms with Crippen molar-refractivity contribution in [2.45, 2.75) is 63.3 Å². The minimum Gasteiger partial charge on any atom is -0.350 e. The van der Waals surface area contributed by atoms with Gasteiger partial charge in [-0.15, -0.1) is 0 Å². The second-order valence-corrected chi connectivity index (χ2v) is 8.51. The Morgan fingerprint density at radius 2 is 2.16 bits per heavy atom. The lowest BCUT2D eigenvalue weighted by Gasteiger charge is -2.42. The van der Waals surface area contributed by atoms with Gasteiger partial charge in [-0.3, -0.25) is 0 Å². The molecule has 1 saturated carbocycles. The van der Waals surface area contributed by atoms with Crippen molar-refractivity contribution in [2.75, 3.05) is 6.26 Å². The van der Waals surface area contributed by atoms with E-state index in [9.17, 15) is 0 Å². The Kier molecular flexibility index (Phi) is 3.25. The number of hydrogen-bond acceptors (Lipinski definition) is 2. The van der Waals surface area contributed by atoms with E-state index in [4.69, 9.17) is 5.73 Å². The van der Waals surface area contributed by atoms with Gasteiger partial charge in [-0.25, -0.2) is 0 Å². The summed E-state index contributed by atoms with van der Waals surface area (Å²) in [6.45, 7) is 5.87. The van der Waals surface area contributed by atoms with Crippen molar-refractivity contribution in [3.8, 4) is 0 Å². The standard InChI is InChI=1S/C16H26N2S/c1-15(2)9-13(17)12-5-8-18(14(12)10-15)11-16(19-3)6-4-7-16/h5,8,13H,4,6-7,9-11,17H2,1-3H3. The fraction of sp³-hybridized carbons (Fsp3) is 0.750. The van der Waals surface area contributed by atoms with Gasteiger partial charge in [0.15, 0.2) is 0 Å². The summed E-state index contributed by atoms with van der Waals surface area (Å²) in [5, 5.41) is 0. The van der Waals surface area contributed by atoms with Crippen LogP contribution in [0.15, 0.2) is 12.3 Å². The van der Waals surface area contributed by atoms with E-state index in [1.54, 1.807) is 0 Å². The molecule has 106 valence electrons. The van der Waals surface area contributed by atoms with Crippen LogP contribution in [0.2, 0.25) is 0 Å². The molecule has 0 amide bonds. The van der Waals surface area contributed by atoms with Crippen LogP contribution in [0.25, 0.3) is 0 Å². The first-order valence-electron chi connectivity index (χ1n) is 7.43. The zero-order chi connectivity index (χ0) is 13.7. The first-order valence-corrected chi connectivity index (χ1v) is 8.66. The normalized spacial score (nSPS) is 27.7. The molecular weight excluding hydrogens is 252 g/mol. The van der Waals surface area contributed by atoms with Gasteiger partial charge < -0.3 is 10.3 Å². The molecule has 19 heavy (non-hydrogen) atoms. The molecule has 3 rings (SSSR count). The summed E-state index contributed by atoms with van der Waals surface area (Å²) in [6, 6.07) is 2.49. The summed E-state index contributed by atoms with van der Waals surface area (Å²) >= 11 is 2.06. The van der Waals surface area contributed by atoms with E-state index in [2.05, 4.69) is 48.7 Å². The molecular formula is C16H26N2S. The topological polar surface area (TPSA) is 30.9 Å². The lowest BCUT2D eigenvalue weighted by atomic mass is 9.74. The Bertz CT molecular complexity index is 466. The van der Waals surface area contributed by atoms with Crippen LogP contribution in [0.4, 0.5) is 0 Å². The zero-order valence-corrected chi connectivity index (χ0v) is 13.2. The molecule has 0 aromatic carbocycles. The maximum absolute atomic E-state index is 6.36. The Morgan fingerprint density at radius 3 is 2.74 bits per heavy atom. The number of rotatable bonds is 3. The highest BCUT2D eigenvalue weighted by Crippen LogP contribution is 2.46. The second kappa shape index (κ2) is 4.56. The van der Waals surface area contributed by atoms with Crippen LogP contribution in [-0.4, -0.2) is 15.6 Å². The first kappa shape index (κ1) is 13.6. The number of hydrogen-bond donors (Lipinski definition) is 1. The van der Waals surface area contributed by atoms with E-state index in [1.165, 1.54) is 43.5 Å². The van der Waals surface area contributed by atoms with Crippen LogP contribution >= 0.6 is 11.8 Å². The molecule has 2 aliphatic rings. The summed E-state index contributed by atoms with van der Waals surface area (Å²) in [5.41, 5.74) is 9.60. The largest absolute Gasteiger partial charge is 0.350 e. The smallest absolute Gasteiger partial charge is 0.0369 e. The number of nitrogens with two attached hydrogens (primary N) is 1. The maximum atomic E-state index is 6.36. The van der Waals surface area contributed by atoms with E-state index < -0.39 is 0 Å². The van der Waals surface area contributed by atoms with E-state index in [1.807, 2.05) is 0 Å². The molecule has 2 aliphatic carbocycles. The predicted octanol–water partition coefficient (Wildman–Crippen LogP) is 3.75. The summed E-state index contributed by atoms with van der Waals surface area (Å²) in [4.78, 5) is 0. The highest BCUT2D eigenvalue weighted by molar-refractivity contribution is 8.00. The number of fused-ring (bicyclic) bond motifs is 1. The Morgan fingerprint density at radius 1 is 1.42 bits per heavy atom. The molecule has 2 nitrogen and oxygen atoms in total. The van der Waals surface area contributed by atoms with Crippen molar-refractivity contribution in [3.63, 3.8) is 0 Å². The summed E-state index contributed by atoms with van der Waals surface area (Å²) in [6.07, 6.45) is 11.0. The molecule has 0 spiro atoms. The monoisotopic (exact) mass is 278 g/mol. The van der Waals surface area contributed by atoms with Crippen LogP contribution in [0.3, 0.4) is 0 Å². The van der Waals surface area contributed by atoms with E-state index in [-0.39, 0.29) is 6.04 Å². The van der Waals surface area contributed by atoms with Gasteiger partial charge in [0, 0.05) is 29.2 Å². The third-order valence-corrected chi connectivity index (χ3v) is 6.49. The van der Waals surface area contributed by atoms with E-state index >= 15 is 0 Å². The highest BCUT2D eigenvalue weighted by atomic mass is 32.2. The average molecular weight is 278 g/mol. The van der Waals surface area contributed by atoms with Gasteiger partial charge >= 0.3 is 0 Å². The van der Waals surface area contributed by atoms with Crippen LogP contribution in [0.1, 0.15) is 56.8 Å². The van der Waals surface area contributed by atoms with Crippen molar-refractivity contribution in [1.29, 1.82) is 0 Å². The summed E-state index contributed by atoms with van der Waals surface area (Å²) in [7, 11) is 0. The fourth-order valence-corrected chi connectivity index (χ4v) is 4.72. The SMILES string of the molecule is CSC1(Cn2ccc3c2CC(C)(C)CC3N)CCC1. The molecule has 3 heteroatoms. The van der Waals surface area contributed by atoms with Crippen LogP contribution in [-0.2, 0) is 13.0 Å². The second-order valence-electron chi connectivity index (χ2n) is 7.24. The molecule has 1 aromatic rings. The molecule has 0 bridgehead atoms. The van der Waals surface area contributed by atoms with Gasteiger partial charge in [-0.05, 0) is 49.0 Å². The van der Waals surface area contributed by atoms with Crippen molar-refractivity contribution in [3.05, 3.63) is 23.5 Å². The Labute approximate surface area is 121 Å². The van der Waals surface area contributed by atoms with E-state index in [0.717, 1.165) is 6.42 Å². The van der Waals surface area contributed by atoms with Crippen molar-refractivity contribution in [1.82, 2.24) is 4.57 Å². The van der Waals surface area contributed by atoms with Gasteiger partial charge in [0.25, 0.3) is 0 Å². The molecule has 2 N–H and O–H groups in total. The van der Waals surface area contributed by atoms with Gasteiger partial charge in [0.05, 0.1) is 0 Å². The molecule has 1 aromatic heterocycles. The lowest BCUT2D eigenvalue weighted by Crippen LogP contribution is -2.39. The number of nitrogens with zero attached hydrogens (tertiary/aromatic N) is 1. The average Bonchev–Trinajstić information content (AvgIpc) is 2.65. The van der Waals surface area contributed by atoms with Gasteiger partial charge in [-0.2, -0.15) is 11.8 Å². The minimum absolute atomic E-state index is 0.228. The molecule has 0 saturated heterocycles. The van der Waals surface area contributed by atoms with Crippen LogP contribution in [0, 0.1) is 5.41 Å². The van der Waals surface area contributed by atoms with Crippen LogP contribution < -0.4 is 5.73 Å². The minimum atomic E-state index is 0.228. The van der Waals surface area contributed by atoms with Gasteiger partial charge in [0.2, 0.25) is 0 Å². The summed E-state index contributed by atoms with van der Waals surface area (Å²) in [5.74, 6) is 0. The third-order valence-electron chi connectivity index (χ3n) is 5.09. The number of aromatic nitrogens is 1. The molecule has 1 heterocycles. The van der Waals surface area contributed by atoms with E-state index in [0.29, 0.717) is 10.2 Å². The quantitative estimate of drug-likeness (QED) is 0.913. The molecule has 1 fully saturated rings.